The smallest absolute Gasteiger partial charge is 0.220 e. The molecular weight excluding hydrogens is 1130 g/mol. The fourth-order valence-electron chi connectivity index (χ4n) is 12.7. The van der Waals surface area contributed by atoms with E-state index < -0.39 is 86.8 Å². The number of ether oxygens (including phenoxy) is 4. The van der Waals surface area contributed by atoms with E-state index in [2.05, 4.69) is 43.5 Å². The van der Waals surface area contributed by atoms with Crippen molar-refractivity contribution >= 4 is 5.91 Å². The van der Waals surface area contributed by atoms with Crippen LogP contribution in [0.25, 0.3) is 0 Å². The molecule has 0 aromatic heterocycles. The minimum absolute atomic E-state index is 0.232. The van der Waals surface area contributed by atoms with Crippen LogP contribution >= 0.6 is 0 Å². The third kappa shape index (κ3) is 44.0. The number of aliphatic hydroxyl groups excluding tert-OH is 8. The molecule has 2 heterocycles. The lowest BCUT2D eigenvalue weighted by molar-refractivity contribution is -0.359. The van der Waals surface area contributed by atoms with Gasteiger partial charge in [-0.15, -0.1) is 0 Å². The summed E-state index contributed by atoms with van der Waals surface area (Å²) in [5.41, 5.74) is 0. The Morgan fingerprint density at radius 3 is 1.11 bits per heavy atom. The van der Waals surface area contributed by atoms with Crippen LogP contribution in [-0.4, -0.2) is 140 Å². The van der Waals surface area contributed by atoms with E-state index >= 15 is 0 Å². The van der Waals surface area contributed by atoms with Crippen molar-refractivity contribution in [1.29, 1.82) is 0 Å². The number of unbranched alkanes of at least 4 members (excludes halogenated alkanes) is 47. The summed E-state index contributed by atoms with van der Waals surface area (Å²) in [4.78, 5) is 13.4. The van der Waals surface area contributed by atoms with Gasteiger partial charge in [-0.1, -0.05) is 326 Å². The van der Waals surface area contributed by atoms with E-state index in [4.69, 9.17) is 18.9 Å². The monoisotopic (exact) mass is 1280 g/mol. The first-order chi connectivity index (χ1) is 44.1. The highest BCUT2D eigenvalue weighted by atomic mass is 16.7. The van der Waals surface area contributed by atoms with Crippen molar-refractivity contribution in [2.75, 3.05) is 19.8 Å². The predicted molar refractivity (Wildman–Crippen MR) is 369 cm³/mol. The molecule has 14 nitrogen and oxygen atoms in total. The lowest BCUT2D eigenvalue weighted by atomic mass is 9.97. The highest BCUT2D eigenvalue weighted by Gasteiger charge is 2.51. The van der Waals surface area contributed by atoms with Crippen molar-refractivity contribution in [3.8, 4) is 0 Å². The van der Waals surface area contributed by atoms with Gasteiger partial charge in [0.25, 0.3) is 0 Å². The normalized spacial score (nSPS) is 23.0. The van der Waals surface area contributed by atoms with E-state index in [1.165, 1.54) is 276 Å². The molecule has 530 valence electrons. The van der Waals surface area contributed by atoms with Gasteiger partial charge in [-0.05, 0) is 51.4 Å². The summed E-state index contributed by atoms with van der Waals surface area (Å²) in [7, 11) is 0. The number of carbonyl (C=O) groups excluding carboxylic acids is 1. The maximum Gasteiger partial charge on any atom is 0.220 e. The second kappa shape index (κ2) is 60.8. The number of allylic oxidation sites excluding steroid dienone is 5. The zero-order valence-corrected chi connectivity index (χ0v) is 57.9. The van der Waals surface area contributed by atoms with Crippen LogP contribution in [0, 0.1) is 0 Å². The molecule has 0 aromatic rings. The molecule has 0 bridgehead atoms. The second-order valence-electron chi connectivity index (χ2n) is 27.1. The lowest BCUT2D eigenvalue weighted by Gasteiger charge is -2.46. The average molecular weight is 1280 g/mol. The molecule has 14 heteroatoms. The molecule has 0 spiro atoms. The first kappa shape index (κ1) is 84.3. The summed E-state index contributed by atoms with van der Waals surface area (Å²) in [6.45, 7) is 2.85. The second-order valence-corrected chi connectivity index (χ2v) is 27.1. The third-order valence-corrected chi connectivity index (χ3v) is 18.8. The van der Waals surface area contributed by atoms with Crippen molar-refractivity contribution in [3.63, 3.8) is 0 Å². The number of nitrogens with one attached hydrogen (secondary N) is 1. The van der Waals surface area contributed by atoms with Crippen LogP contribution in [0.3, 0.4) is 0 Å². The van der Waals surface area contributed by atoms with Crippen molar-refractivity contribution in [2.45, 2.75) is 421 Å². The van der Waals surface area contributed by atoms with Crippen LogP contribution in [0.15, 0.2) is 36.5 Å². The minimum atomic E-state index is -1.79. The van der Waals surface area contributed by atoms with Gasteiger partial charge in [-0.2, -0.15) is 0 Å². The topological polar surface area (TPSA) is 228 Å². The number of aliphatic hydroxyl groups is 8. The summed E-state index contributed by atoms with van der Waals surface area (Å²) in [6.07, 6.45) is 62.1. The molecule has 0 saturated carbocycles. The molecule has 2 rings (SSSR count). The van der Waals surface area contributed by atoms with Crippen LogP contribution in [0.1, 0.15) is 348 Å². The molecule has 90 heavy (non-hydrogen) atoms. The standard InChI is InChI=1S/C76H143NO13/c1-3-5-7-9-11-13-15-17-19-21-23-25-27-29-30-31-32-33-34-36-38-40-42-44-46-48-50-52-54-56-58-60-68(81)77-64(63-87-75-73(86)71(84)74(67(62-79)89-75)90-76-72(85)70(83)69(82)66(61-78)88-76)65(80)59-57-55-53-51-49-47-45-43-41-39-37-35-28-26-24-22-20-18-16-14-12-10-8-6-4-2/h15,17,21,23,57,59,64-67,69-76,78-80,82-86H,3-14,16,18-20,22,24-56,58,60-63H2,1-2H3,(H,77,81)/b17-15-,23-21-,59-57+. The number of hydrogen-bond donors (Lipinski definition) is 9. The molecule has 12 unspecified atom stereocenters. The van der Waals surface area contributed by atoms with E-state index in [0.29, 0.717) is 6.42 Å². The molecule has 0 aliphatic carbocycles. The molecule has 2 aliphatic rings. The summed E-state index contributed by atoms with van der Waals surface area (Å²) in [6, 6.07) is -0.915. The molecule has 0 radical (unpaired) electrons. The van der Waals surface area contributed by atoms with Gasteiger partial charge in [0.05, 0.1) is 32.0 Å². The fourth-order valence-corrected chi connectivity index (χ4v) is 12.7. The Morgan fingerprint density at radius 2 is 0.733 bits per heavy atom. The molecular formula is C76H143NO13. The molecule has 2 saturated heterocycles. The van der Waals surface area contributed by atoms with Gasteiger partial charge in [0, 0.05) is 6.42 Å². The first-order valence-corrected chi connectivity index (χ1v) is 38.2. The van der Waals surface area contributed by atoms with Crippen molar-refractivity contribution in [1.82, 2.24) is 5.32 Å². The van der Waals surface area contributed by atoms with Gasteiger partial charge in [-0.25, -0.2) is 0 Å². The number of amides is 1. The Balaban J connectivity index is 1.64. The van der Waals surface area contributed by atoms with Crippen LogP contribution in [0.2, 0.25) is 0 Å². The number of rotatable bonds is 64. The molecule has 1 amide bonds. The van der Waals surface area contributed by atoms with Crippen LogP contribution in [0.5, 0.6) is 0 Å². The fraction of sp³-hybridized carbons (Fsp3) is 0.908. The predicted octanol–water partition coefficient (Wildman–Crippen LogP) is 16.5. The Bertz CT molecular complexity index is 1650. The SMILES string of the molecule is CCCCCCC/C=C\C/C=C\CCCCCCCCCCCCCCCCCCCCCC(=O)NC(COC1OC(CO)C(OC2OC(CO)C(O)C(O)C2O)C(O)C1O)C(O)/C=C/CCCCCCCCCCCCCCCCCCCCCCCCC. The van der Waals surface area contributed by atoms with Crippen molar-refractivity contribution in [3.05, 3.63) is 36.5 Å². The Morgan fingerprint density at radius 1 is 0.400 bits per heavy atom. The van der Waals surface area contributed by atoms with Crippen molar-refractivity contribution in [2.24, 2.45) is 0 Å². The van der Waals surface area contributed by atoms with Crippen LogP contribution < -0.4 is 5.32 Å². The molecule has 12 atom stereocenters. The van der Waals surface area contributed by atoms with E-state index in [9.17, 15) is 45.6 Å². The number of carbonyl (C=O) groups is 1. The summed E-state index contributed by atoms with van der Waals surface area (Å²) >= 11 is 0. The molecule has 9 N–H and O–H groups in total. The Kier molecular flexibility index (Phi) is 57.0. The number of hydrogen-bond acceptors (Lipinski definition) is 13. The third-order valence-electron chi connectivity index (χ3n) is 18.8. The Hall–Kier alpha value is -1.79. The first-order valence-electron chi connectivity index (χ1n) is 38.2. The molecule has 2 fully saturated rings. The van der Waals surface area contributed by atoms with Crippen molar-refractivity contribution < 1.29 is 64.6 Å². The molecule has 0 aromatic carbocycles. The zero-order valence-electron chi connectivity index (χ0n) is 57.9. The van der Waals surface area contributed by atoms with Gasteiger partial charge >= 0.3 is 0 Å². The van der Waals surface area contributed by atoms with Gasteiger partial charge in [-0.3, -0.25) is 4.79 Å². The van der Waals surface area contributed by atoms with Crippen LogP contribution in [0.4, 0.5) is 0 Å². The minimum Gasteiger partial charge on any atom is -0.394 e. The van der Waals surface area contributed by atoms with Gasteiger partial charge in [0.2, 0.25) is 5.91 Å². The maximum atomic E-state index is 13.4. The lowest BCUT2D eigenvalue weighted by Crippen LogP contribution is -2.65. The van der Waals surface area contributed by atoms with E-state index in [0.717, 1.165) is 44.9 Å². The van der Waals surface area contributed by atoms with Gasteiger partial charge in [0.15, 0.2) is 12.6 Å². The maximum absolute atomic E-state index is 13.4. The van der Waals surface area contributed by atoms with E-state index in [1.54, 1.807) is 6.08 Å². The summed E-state index contributed by atoms with van der Waals surface area (Å²) in [5.74, 6) is -0.232. The van der Waals surface area contributed by atoms with E-state index in [1.807, 2.05) is 6.08 Å². The summed E-state index contributed by atoms with van der Waals surface area (Å²) in [5, 5.41) is 87.6. The molecule has 2 aliphatic heterocycles. The highest BCUT2D eigenvalue weighted by molar-refractivity contribution is 5.76. The van der Waals surface area contributed by atoms with Gasteiger partial charge < -0.3 is 65.1 Å². The van der Waals surface area contributed by atoms with E-state index in [-0.39, 0.29) is 18.9 Å². The van der Waals surface area contributed by atoms with Crippen LogP contribution in [-0.2, 0) is 23.7 Å². The summed E-state index contributed by atoms with van der Waals surface area (Å²) < 4.78 is 22.9. The van der Waals surface area contributed by atoms with Gasteiger partial charge in [0.1, 0.15) is 48.8 Å². The highest BCUT2D eigenvalue weighted by Crippen LogP contribution is 2.30. The quantitative estimate of drug-likeness (QED) is 0.0204. The largest absolute Gasteiger partial charge is 0.394 e. The Labute approximate surface area is 551 Å². The average Bonchev–Trinajstić information content (AvgIpc) is 1.42. The zero-order chi connectivity index (χ0) is 65.2.